The van der Waals surface area contributed by atoms with E-state index in [2.05, 4.69) is 10.3 Å². The number of alkyl carbamates (subject to hydrolysis) is 1. The highest BCUT2D eigenvalue weighted by atomic mass is 16.6. The predicted octanol–water partition coefficient (Wildman–Crippen LogP) is 5.67. The lowest BCUT2D eigenvalue weighted by molar-refractivity contribution is -0.346. The van der Waals surface area contributed by atoms with Gasteiger partial charge < -0.3 is 49.1 Å². The van der Waals surface area contributed by atoms with E-state index in [0.29, 0.717) is 16.5 Å². The van der Waals surface area contributed by atoms with E-state index in [1.54, 1.807) is 108 Å². The molecule has 17 nitrogen and oxygen atoms in total. The molecular formula is C53H58N2O15. The fourth-order valence-corrected chi connectivity index (χ4v) is 11.0. The minimum Gasteiger partial charge on any atom is -0.455 e. The van der Waals surface area contributed by atoms with E-state index in [4.69, 9.17) is 28.4 Å². The van der Waals surface area contributed by atoms with Crippen LogP contribution < -0.4 is 5.32 Å². The van der Waals surface area contributed by atoms with Gasteiger partial charge in [0, 0.05) is 36.8 Å². The smallest absolute Gasteiger partial charge is 0.408 e. The summed E-state index contributed by atoms with van der Waals surface area (Å²) in [5.41, 5.74) is -8.01. The number of hydrogen-bond donors (Lipinski definition) is 4. The summed E-state index contributed by atoms with van der Waals surface area (Å²) in [5, 5.41) is 41.6. The number of nitrogens with zero attached hydrogens (tertiary/aromatic N) is 1. The van der Waals surface area contributed by atoms with Gasteiger partial charge in [0.05, 0.1) is 40.7 Å². The Morgan fingerprint density at radius 3 is 2.17 bits per heavy atom. The molecule has 4 N–H and O–H groups in total. The van der Waals surface area contributed by atoms with E-state index in [0.717, 1.165) is 6.92 Å². The lowest BCUT2D eigenvalue weighted by atomic mass is 9.44. The van der Waals surface area contributed by atoms with Crippen molar-refractivity contribution in [1.29, 1.82) is 0 Å². The third-order valence-corrected chi connectivity index (χ3v) is 14.6. The lowest BCUT2D eigenvalue weighted by Gasteiger charge is -2.67. The van der Waals surface area contributed by atoms with Crippen molar-refractivity contribution in [3.63, 3.8) is 0 Å². The van der Waals surface area contributed by atoms with Crippen molar-refractivity contribution < 1.29 is 72.5 Å². The molecule has 1 aliphatic heterocycles. The van der Waals surface area contributed by atoms with Gasteiger partial charge in [-0.3, -0.25) is 14.6 Å². The van der Waals surface area contributed by atoms with Gasteiger partial charge in [-0.25, -0.2) is 19.2 Å². The quantitative estimate of drug-likeness (QED) is 0.0850. The van der Waals surface area contributed by atoms with Crippen LogP contribution in [0, 0.1) is 16.7 Å². The van der Waals surface area contributed by atoms with E-state index in [-0.39, 0.29) is 35.3 Å². The summed E-state index contributed by atoms with van der Waals surface area (Å²) >= 11 is 0. The number of carbonyl (C=O) groups is 6. The van der Waals surface area contributed by atoms with Gasteiger partial charge >= 0.3 is 30.0 Å². The van der Waals surface area contributed by atoms with Crippen molar-refractivity contribution in [2.75, 3.05) is 6.61 Å². The van der Waals surface area contributed by atoms with Gasteiger partial charge in [0.25, 0.3) is 0 Å². The topological polar surface area (TPSA) is 243 Å². The molecule has 17 heteroatoms. The number of rotatable bonds is 10. The first-order valence-corrected chi connectivity index (χ1v) is 23.1. The Balaban J connectivity index is 1.27. The van der Waals surface area contributed by atoms with Gasteiger partial charge in [0.15, 0.2) is 11.4 Å². The van der Waals surface area contributed by atoms with Crippen molar-refractivity contribution in [2.24, 2.45) is 16.7 Å². The Bertz CT molecular complexity index is 2750. The van der Waals surface area contributed by atoms with Crippen LogP contribution in [-0.2, 0) is 42.8 Å². The second-order valence-corrected chi connectivity index (χ2v) is 20.4. The first-order valence-electron chi connectivity index (χ1n) is 23.1. The molecule has 1 saturated heterocycles. The number of benzene rings is 3. The van der Waals surface area contributed by atoms with Crippen LogP contribution in [0.25, 0.3) is 10.9 Å². The van der Waals surface area contributed by atoms with E-state index < -0.39 is 118 Å². The van der Waals surface area contributed by atoms with Crippen LogP contribution in [0.15, 0.2) is 108 Å². The van der Waals surface area contributed by atoms with Crippen molar-refractivity contribution in [3.8, 4) is 0 Å². The fraction of sp³-hybridized carbons (Fsp3) is 0.453. The van der Waals surface area contributed by atoms with Crippen LogP contribution in [0.1, 0.15) is 101 Å². The molecule has 11 atom stereocenters. The standard InChI is InChI=1S/C53H58N2O15/c1-28-35(66-47(62)41(67-46(61)33-21-22-34-32(24-33)20-15-23-54-34)39(30-16-11-9-12-17-30)55-48(63)70-49(3,4)5)26-53(64)44(68-45(60)31-18-13-10-14-19-31)42-51(8,43(59)40(58)38(28)50(53,6)7)36(57)25-37-52(42,27-65-37)69-29(2)56/h9-24,35-37,39-42,44,57-58,64H,25-27H2,1-8H3,(H,55,63)/t35-,36-,37+,39-,40+,41+,42-,44-,51+,52-,53+/m0/s1. The van der Waals surface area contributed by atoms with Gasteiger partial charge in [-0.2, -0.15) is 0 Å². The highest BCUT2D eigenvalue weighted by Crippen LogP contribution is 2.64. The monoisotopic (exact) mass is 962 g/mol. The normalized spacial score (nSPS) is 29.8. The molecule has 8 rings (SSSR count). The van der Waals surface area contributed by atoms with Crippen molar-refractivity contribution in [2.45, 2.75) is 128 Å². The number of ketones is 1. The average molecular weight is 963 g/mol. The van der Waals surface area contributed by atoms with Gasteiger partial charge in [-0.15, -0.1) is 0 Å². The molecule has 3 fully saturated rings. The Morgan fingerprint density at radius 1 is 0.871 bits per heavy atom. The molecule has 2 bridgehead atoms. The molecular weight excluding hydrogens is 905 g/mol. The SMILES string of the molecule is CC(=O)O[C@@]12CO[C@@H]1C[C@H](O)[C@@]1(C)C(=O)[C@H](O)C3=C(C)[C@@H](OC(=O)[C@H](OC(=O)c4ccc5ncccc5c4)[C@@H](NC(=O)OC(C)(C)C)c4ccccc4)C[C@@](O)([C@@H](OC(=O)c4ccccc4)[C@H]21)C3(C)C. The number of amides is 1. The predicted molar refractivity (Wildman–Crippen MR) is 249 cm³/mol. The van der Waals surface area contributed by atoms with Gasteiger partial charge in [-0.05, 0) is 87.7 Å². The number of esters is 4. The van der Waals surface area contributed by atoms with Gasteiger partial charge in [0.1, 0.15) is 41.7 Å². The fourth-order valence-electron chi connectivity index (χ4n) is 11.0. The maximum atomic E-state index is 15.3. The molecule has 2 saturated carbocycles. The largest absolute Gasteiger partial charge is 0.455 e. The molecule has 0 radical (unpaired) electrons. The average Bonchev–Trinajstić information content (AvgIpc) is 3.30. The molecule has 4 aliphatic rings. The second kappa shape index (κ2) is 18.3. The third kappa shape index (κ3) is 8.62. The number of fused-ring (bicyclic) bond motifs is 6. The zero-order valence-corrected chi connectivity index (χ0v) is 40.2. The molecule has 4 aromatic rings. The van der Waals surface area contributed by atoms with Crippen LogP contribution in [0.4, 0.5) is 4.79 Å². The van der Waals surface area contributed by atoms with Gasteiger partial charge in [-0.1, -0.05) is 68.4 Å². The molecule has 1 aromatic heterocycles. The Labute approximate surface area is 404 Å². The maximum absolute atomic E-state index is 15.3. The van der Waals surface area contributed by atoms with Crippen LogP contribution in [0.5, 0.6) is 0 Å². The number of Topliss-reactive ketones (excluding diaryl/α,β-unsaturated/α-hetero) is 1. The van der Waals surface area contributed by atoms with Crippen molar-refractivity contribution in [1.82, 2.24) is 10.3 Å². The minimum atomic E-state index is -2.44. The number of carbonyl (C=O) groups excluding carboxylic acids is 6. The second-order valence-electron chi connectivity index (χ2n) is 20.4. The number of aliphatic hydroxyl groups is 3. The van der Waals surface area contributed by atoms with Crippen molar-refractivity contribution >= 4 is 46.7 Å². The Morgan fingerprint density at radius 2 is 1.54 bits per heavy atom. The van der Waals surface area contributed by atoms with Crippen LogP contribution in [0.2, 0.25) is 0 Å². The summed E-state index contributed by atoms with van der Waals surface area (Å²) in [6, 6.07) is 22.6. The summed E-state index contributed by atoms with van der Waals surface area (Å²) in [4.78, 5) is 90.1. The van der Waals surface area contributed by atoms with Crippen molar-refractivity contribution in [3.05, 3.63) is 125 Å². The number of aromatic nitrogens is 1. The van der Waals surface area contributed by atoms with Crippen LogP contribution in [-0.4, -0.2) is 116 Å². The zero-order valence-electron chi connectivity index (χ0n) is 40.2. The van der Waals surface area contributed by atoms with E-state index in [1.807, 2.05) is 0 Å². The lowest BCUT2D eigenvalue weighted by Crippen LogP contribution is -2.81. The molecule has 70 heavy (non-hydrogen) atoms. The summed E-state index contributed by atoms with van der Waals surface area (Å²) in [7, 11) is 0. The summed E-state index contributed by atoms with van der Waals surface area (Å²) in [6.07, 6.45) is -10.3. The van der Waals surface area contributed by atoms with Gasteiger partial charge in [0.2, 0.25) is 6.10 Å². The third-order valence-electron chi connectivity index (χ3n) is 14.6. The van der Waals surface area contributed by atoms with Crippen LogP contribution >= 0.6 is 0 Å². The van der Waals surface area contributed by atoms with E-state index in [9.17, 15) is 34.5 Å². The molecule has 3 aromatic carbocycles. The molecule has 370 valence electrons. The molecule has 3 aliphatic carbocycles. The maximum Gasteiger partial charge on any atom is 0.408 e. The first-order chi connectivity index (χ1) is 32.9. The minimum absolute atomic E-state index is 0.0269. The van der Waals surface area contributed by atoms with E-state index >= 15 is 9.59 Å². The first kappa shape index (κ1) is 49.9. The highest BCUT2D eigenvalue weighted by Gasteiger charge is 2.78. The summed E-state index contributed by atoms with van der Waals surface area (Å²) in [6.45, 7) is 11.7. The number of nitrogens with one attached hydrogen (secondary N) is 1. The number of hydrogen-bond acceptors (Lipinski definition) is 16. The highest BCUT2D eigenvalue weighted by molar-refractivity contribution is 5.96. The zero-order chi connectivity index (χ0) is 50.7. The molecule has 0 unspecified atom stereocenters. The summed E-state index contributed by atoms with van der Waals surface area (Å²) < 4.78 is 36.4. The molecule has 1 amide bonds. The summed E-state index contributed by atoms with van der Waals surface area (Å²) in [5.74, 6) is -6.47. The van der Waals surface area contributed by atoms with E-state index in [1.165, 1.54) is 38.1 Å². The number of aliphatic hydroxyl groups excluding tert-OH is 2. The number of ether oxygens (including phenoxy) is 6. The Hall–Kier alpha value is -6.53. The molecule has 2 heterocycles. The Kier molecular flexibility index (Phi) is 13.1. The molecule has 0 spiro atoms. The number of pyridine rings is 1. The van der Waals surface area contributed by atoms with Crippen LogP contribution in [0.3, 0.4) is 0 Å².